The SMILES string of the molecule is COc1ccc(CCN(C(=O)Nc2ccc([N+](=O)[O-])cc2)C(C)c2nc3ccccc3c(=O)n2-c2cc(C)ccc2OC)cc1OC. The third-order valence-corrected chi connectivity index (χ3v) is 7.90. The number of nitrogens with zero attached hydrogens (tertiary/aromatic N) is 4. The molecule has 0 aliphatic carbocycles. The van der Waals surface area contributed by atoms with Crippen LogP contribution in [0.1, 0.15) is 29.9 Å². The monoisotopic (exact) mass is 637 g/mol. The molecule has 0 bridgehead atoms. The predicted octanol–water partition coefficient (Wildman–Crippen LogP) is 6.47. The molecule has 5 aromatic rings. The van der Waals surface area contributed by atoms with E-state index in [4.69, 9.17) is 19.2 Å². The number of carbonyl (C=O) groups is 1. The number of non-ortho nitro benzene ring substituents is 1. The molecule has 1 aromatic heterocycles. The minimum atomic E-state index is -0.740. The number of hydrogen-bond donors (Lipinski definition) is 1. The Labute approximate surface area is 271 Å². The number of nitro benzene ring substituents is 1. The summed E-state index contributed by atoms with van der Waals surface area (Å²) in [7, 11) is 4.64. The van der Waals surface area contributed by atoms with Gasteiger partial charge in [0.25, 0.3) is 11.2 Å². The highest BCUT2D eigenvalue weighted by Crippen LogP contribution is 2.31. The summed E-state index contributed by atoms with van der Waals surface area (Å²) in [5, 5.41) is 14.5. The van der Waals surface area contributed by atoms with Crippen molar-refractivity contribution >= 4 is 28.3 Å². The van der Waals surface area contributed by atoms with E-state index in [0.29, 0.717) is 51.8 Å². The van der Waals surface area contributed by atoms with Gasteiger partial charge in [0, 0.05) is 24.4 Å². The van der Waals surface area contributed by atoms with Crippen molar-refractivity contribution in [3.63, 3.8) is 0 Å². The number of para-hydroxylation sites is 1. The Kier molecular flexibility index (Phi) is 9.69. The number of nitrogens with one attached hydrogen (secondary N) is 1. The lowest BCUT2D eigenvalue weighted by Crippen LogP contribution is -2.41. The number of ether oxygens (including phenoxy) is 3. The highest BCUT2D eigenvalue weighted by atomic mass is 16.6. The van der Waals surface area contributed by atoms with Crippen LogP contribution in [0.5, 0.6) is 17.2 Å². The topological polar surface area (TPSA) is 138 Å². The fraction of sp³-hybridized carbons (Fsp3) is 0.229. The van der Waals surface area contributed by atoms with Gasteiger partial charge in [-0.05, 0) is 79.9 Å². The van der Waals surface area contributed by atoms with E-state index in [1.807, 2.05) is 31.2 Å². The quantitative estimate of drug-likeness (QED) is 0.129. The summed E-state index contributed by atoms with van der Waals surface area (Å²) in [5.41, 5.74) is 2.72. The number of methoxy groups -OCH3 is 3. The lowest BCUT2D eigenvalue weighted by molar-refractivity contribution is -0.384. The van der Waals surface area contributed by atoms with Crippen LogP contribution in [-0.4, -0.2) is 53.3 Å². The first-order valence-electron chi connectivity index (χ1n) is 14.8. The van der Waals surface area contributed by atoms with Gasteiger partial charge in [0.15, 0.2) is 11.5 Å². The summed E-state index contributed by atoms with van der Waals surface area (Å²) in [6, 6.07) is 22.5. The van der Waals surface area contributed by atoms with E-state index >= 15 is 0 Å². The molecule has 242 valence electrons. The second-order valence-electron chi connectivity index (χ2n) is 10.8. The Morgan fingerprint density at radius 2 is 1.62 bits per heavy atom. The molecule has 1 heterocycles. The molecule has 5 rings (SSSR count). The number of benzene rings is 4. The number of carbonyl (C=O) groups excluding carboxylic acids is 1. The summed E-state index contributed by atoms with van der Waals surface area (Å²) in [6.45, 7) is 3.93. The average molecular weight is 638 g/mol. The highest BCUT2D eigenvalue weighted by Gasteiger charge is 2.28. The average Bonchev–Trinajstić information content (AvgIpc) is 3.08. The molecular weight excluding hydrogens is 602 g/mol. The number of urea groups is 1. The Bertz CT molecular complexity index is 1990. The molecule has 0 fully saturated rings. The number of anilines is 1. The van der Waals surface area contributed by atoms with Crippen molar-refractivity contribution in [2.24, 2.45) is 0 Å². The standard InChI is InChI=1S/C35H35N5O7/c1-22-10-16-30(45-3)29(20-22)39-33(37-28-9-7-6-8-27(28)34(39)41)23(2)38(19-18-24-11-17-31(46-4)32(21-24)47-5)35(42)36-25-12-14-26(15-13-25)40(43)44/h6-17,20-21,23H,18-19H2,1-5H3,(H,36,42). The molecule has 12 nitrogen and oxygen atoms in total. The molecule has 0 saturated carbocycles. The normalized spacial score (nSPS) is 11.5. The van der Waals surface area contributed by atoms with E-state index in [1.54, 1.807) is 62.4 Å². The summed E-state index contributed by atoms with van der Waals surface area (Å²) in [4.78, 5) is 45.4. The number of aryl methyl sites for hydroxylation is 1. The van der Waals surface area contributed by atoms with Gasteiger partial charge in [0.1, 0.15) is 11.6 Å². The Morgan fingerprint density at radius 3 is 2.30 bits per heavy atom. The molecule has 1 atom stereocenters. The Hall–Kier alpha value is -5.91. The number of nitro groups is 1. The molecule has 0 saturated heterocycles. The third kappa shape index (κ3) is 6.86. The van der Waals surface area contributed by atoms with Crippen molar-refractivity contribution in [2.45, 2.75) is 26.3 Å². The van der Waals surface area contributed by atoms with Crippen LogP contribution in [0, 0.1) is 17.0 Å². The molecule has 1 N–H and O–H groups in total. The van der Waals surface area contributed by atoms with Gasteiger partial charge < -0.3 is 24.4 Å². The van der Waals surface area contributed by atoms with Gasteiger partial charge in [-0.3, -0.25) is 19.5 Å². The van der Waals surface area contributed by atoms with E-state index in [0.717, 1.165) is 11.1 Å². The smallest absolute Gasteiger partial charge is 0.322 e. The third-order valence-electron chi connectivity index (χ3n) is 7.90. The van der Waals surface area contributed by atoms with Crippen molar-refractivity contribution < 1.29 is 23.9 Å². The minimum Gasteiger partial charge on any atom is -0.495 e. The zero-order chi connectivity index (χ0) is 33.7. The Balaban J connectivity index is 1.62. The first-order chi connectivity index (χ1) is 22.6. The summed E-state index contributed by atoms with van der Waals surface area (Å²) < 4.78 is 18.0. The summed E-state index contributed by atoms with van der Waals surface area (Å²) >= 11 is 0. The predicted molar refractivity (Wildman–Crippen MR) is 179 cm³/mol. The molecule has 47 heavy (non-hydrogen) atoms. The van der Waals surface area contributed by atoms with Crippen molar-refractivity contribution in [3.05, 3.63) is 122 Å². The molecule has 0 spiro atoms. The Morgan fingerprint density at radius 1 is 0.936 bits per heavy atom. The molecular formula is C35H35N5O7. The van der Waals surface area contributed by atoms with Crippen LogP contribution in [0.15, 0.2) is 89.7 Å². The van der Waals surface area contributed by atoms with Crippen molar-refractivity contribution in [1.29, 1.82) is 0 Å². The maximum Gasteiger partial charge on any atom is 0.322 e. The van der Waals surface area contributed by atoms with Gasteiger partial charge in [-0.2, -0.15) is 0 Å². The molecule has 0 radical (unpaired) electrons. The number of hydrogen-bond acceptors (Lipinski definition) is 8. The number of aromatic nitrogens is 2. The number of amides is 2. The van der Waals surface area contributed by atoms with Gasteiger partial charge in [0.2, 0.25) is 0 Å². The minimum absolute atomic E-state index is 0.0989. The first kappa shape index (κ1) is 32.5. The molecule has 2 amide bonds. The second kappa shape index (κ2) is 14.0. The maximum atomic E-state index is 14.2. The van der Waals surface area contributed by atoms with Crippen molar-refractivity contribution in [2.75, 3.05) is 33.2 Å². The number of fused-ring (bicyclic) bond motifs is 1. The molecule has 12 heteroatoms. The van der Waals surface area contributed by atoms with Gasteiger partial charge >= 0.3 is 6.03 Å². The maximum absolute atomic E-state index is 14.2. The van der Waals surface area contributed by atoms with Gasteiger partial charge in [-0.15, -0.1) is 0 Å². The van der Waals surface area contributed by atoms with Crippen LogP contribution in [-0.2, 0) is 6.42 Å². The lowest BCUT2D eigenvalue weighted by atomic mass is 10.1. The van der Waals surface area contributed by atoms with Crippen LogP contribution in [0.3, 0.4) is 0 Å². The first-order valence-corrected chi connectivity index (χ1v) is 14.8. The fourth-order valence-corrected chi connectivity index (χ4v) is 5.40. The fourth-order valence-electron chi connectivity index (χ4n) is 5.40. The van der Waals surface area contributed by atoms with Gasteiger partial charge in [0.05, 0.1) is 48.9 Å². The van der Waals surface area contributed by atoms with E-state index in [-0.39, 0.29) is 17.8 Å². The zero-order valence-corrected chi connectivity index (χ0v) is 26.7. The van der Waals surface area contributed by atoms with Gasteiger partial charge in [-0.25, -0.2) is 9.78 Å². The molecule has 0 aliphatic heterocycles. The summed E-state index contributed by atoms with van der Waals surface area (Å²) in [6.07, 6.45) is 0.421. The second-order valence-corrected chi connectivity index (χ2v) is 10.8. The van der Waals surface area contributed by atoms with Crippen LogP contribution < -0.4 is 25.1 Å². The van der Waals surface area contributed by atoms with E-state index in [2.05, 4.69) is 5.32 Å². The van der Waals surface area contributed by atoms with Crippen molar-refractivity contribution in [1.82, 2.24) is 14.5 Å². The molecule has 0 aliphatic rings. The van der Waals surface area contributed by atoms with Crippen LogP contribution in [0.2, 0.25) is 0 Å². The van der Waals surface area contributed by atoms with E-state index in [1.165, 1.54) is 35.9 Å². The molecule has 4 aromatic carbocycles. The van der Waals surface area contributed by atoms with Gasteiger partial charge in [-0.1, -0.05) is 24.3 Å². The largest absolute Gasteiger partial charge is 0.495 e. The van der Waals surface area contributed by atoms with Crippen LogP contribution in [0.25, 0.3) is 16.6 Å². The lowest BCUT2D eigenvalue weighted by Gasteiger charge is -2.31. The van der Waals surface area contributed by atoms with Crippen LogP contribution >= 0.6 is 0 Å². The molecule has 1 unspecified atom stereocenters. The van der Waals surface area contributed by atoms with Crippen LogP contribution in [0.4, 0.5) is 16.2 Å². The number of rotatable bonds is 11. The zero-order valence-electron chi connectivity index (χ0n) is 26.7. The van der Waals surface area contributed by atoms with E-state index < -0.39 is 17.0 Å². The summed E-state index contributed by atoms with van der Waals surface area (Å²) in [5.74, 6) is 1.92. The van der Waals surface area contributed by atoms with E-state index in [9.17, 15) is 19.7 Å². The highest BCUT2D eigenvalue weighted by molar-refractivity contribution is 5.90. The van der Waals surface area contributed by atoms with Crippen molar-refractivity contribution in [3.8, 4) is 22.9 Å².